The fraction of sp³-hybridized carbons (Fsp3) is 0.667. The minimum atomic E-state index is -1.09. The maximum absolute atomic E-state index is 12.9. The number of nitrogens with zero attached hydrogens (tertiary/aromatic N) is 1. The SMILES string of the molecule is CNC[C@H](C[C@H]1CCCOC1)NC(=O)N(C)CC[C@@H](OCCNC(=O)O)c1cc(Cl)ccc1C. The molecule has 0 bridgehead atoms. The number of hydrogen-bond acceptors (Lipinski definition) is 5. The van der Waals surface area contributed by atoms with Gasteiger partial charge in [-0.25, -0.2) is 9.59 Å². The van der Waals surface area contributed by atoms with Crippen LogP contribution in [0.1, 0.15) is 42.9 Å². The van der Waals surface area contributed by atoms with E-state index >= 15 is 0 Å². The van der Waals surface area contributed by atoms with Crippen LogP contribution in [-0.4, -0.2) is 81.7 Å². The summed E-state index contributed by atoms with van der Waals surface area (Å²) in [5.74, 6) is 0.459. The predicted octanol–water partition coefficient (Wildman–Crippen LogP) is 3.41. The second kappa shape index (κ2) is 15.0. The van der Waals surface area contributed by atoms with Crippen molar-refractivity contribution in [2.75, 3.05) is 53.6 Å². The first-order valence-electron chi connectivity index (χ1n) is 11.9. The fourth-order valence-corrected chi connectivity index (χ4v) is 4.36. The Labute approximate surface area is 207 Å². The lowest BCUT2D eigenvalue weighted by Crippen LogP contribution is -2.48. The van der Waals surface area contributed by atoms with Crippen LogP contribution in [0.3, 0.4) is 0 Å². The van der Waals surface area contributed by atoms with Gasteiger partial charge in [-0.1, -0.05) is 17.7 Å². The van der Waals surface area contributed by atoms with Crippen LogP contribution in [0, 0.1) is 12.8 Å². The maximum Gasteiger partial charge on any atom is 0.404 e. The third-order valence-electron chi connectivity index (χ3n) is 6.01. The molecule has 1 aliphatic rings. The van der Waals surface area contributed by atoms with E-state index in [4.69, 9.17) is 26.2 Å². The van der Waals surface area contributed by atoms with Gasteiger partial charge in [-0.2, -0.15) is 0 Å². The zero-order chi connectivity index (χ0) is 24.9. The number of amides is 3. The van der Waals surface area contributed by atoms with Gasteiger partial charge in [0.25, 0.3) is 0 Å². The first kappa shape index (κ1) is 28.2. The Morgan fingerprint density at radius 3 is 2.85 bits per heavy atom. The maximum atomic E-state index is 12.9. The molecule has 3 atom stereocenters. The van der Waals surface area contributed by atoms with Gasteiger partial charge in [-0.05, 0) is 68.8 Å². The molecular weight excluding hydrogens is 460 g/mol. The van der Waals surface area contributed by atoms with Crippen LogP contribution in [0.5, 0.6) is 0 Å². The molecule has 3 amide bonds. The summed E-state index contributed by atoms with van der Waals surface area (Å²) in [7, 11) is 3.65. The molecule has 9 nitrogen and oxygen atoms in total. The second-order valence-electron chi connectivity index (χ2n) is 8.83. The van der Waals surface area contributed by atoms with E-state index in [1.54, 1.807) is 11.9 Å². The number of urea groups is 1. The third kappa shape index (κ3) is 10.0. The van der Waals surface area contributed by atoms with Crippen molar-refractivity contribution in [3.63, 3.8) is 0 Å². The molecule has 0 aliphatic carbocycles. The molecule has 1 saturated heterocycles. The zero-order valence-electron chi connectivity index (χ0n) is 20.4. The molecule has 4 N–H and O–H groups in total. The first-order valence-corrected chi connectivity index (χ1v) is 12.3. The van der Waals surface area contributed by atoms with Crippen LogP contribution in [0.4, 0.5) is 9.59 Å². The van der Waals surface area contributed by atoms with Crippen molar-refractivity contribution in [2.45, 2.75) is 44.8 Å². The molecule has 192 valence electrons. The van der Waals surface area contributed by atoms with Crippen molar-refractivity contribution < 1.29 is 24.2 Å². The molecule has 0 saturated carbocycles. The van der Waals surface area contributed by atoms with Gasteiger partial charge in [0, 0.05) is 51.0 Å². The van der Waals surface area contributed by atoms with Crippen LogP contribution in [-0.2, 0) is 9.47 Å². The smallest absolute Gasteiger partial charge is 0.404 e. The Hall–Kier alpha value is -2.07. The number of hydrogen-bond donors (Lipinski definition) is 4. The summed E-state index contributed by atoms with van der Waals surface area (Å²) in [6.07, 6.45) is 2.21. The highest BCUT2D eigenvalue weighted by molar-refractivity contribution is 6.30. The highest BCUT2D eigenvalue weighted by Crippen LogP contribution is 2.27. The molecule has 0 spiro atoms. The number of carbonyl (C=O) groups excluding carboxylic acids is 1. The van der Waals surface area contributed by atoms with Crippen LogP contribution >= 0.6 is 11.6 Å². The minimum absolute atomic E-state index is 0.0240. The van der Waals surface area contributed by atoms with E-state index in [0.29, 0.717) is 30.5 Å². The van der Waals surface area contributed by atoms with E-state index in [1.807, 2.05) is 32.2 Å². The summed E-state index contributed by atoms with van der Waals surface area (Å²) in [5, 5.41) is 18.0. The number of nitrogens with one attached hydrogen (secondary N) is 3. The first-order chi connectivity index (χ1) is 16.3. The Kier molecular flexibility index (Phi) is 12.5. The van der Waals surface area contributed by atoms with Gasteiger partial charge >= 0.3 is 12.1 Å². The minimum Gasteiger partial charge on any atom is -0.465 e. The van der Waals surface area contributed by atoms with Gasteiger partial charge in [-0.15, -0.1) is 0 Å². The Morgan fingerprint density at radius 2 is 2.18 bits per heavy atom. The standard InChI is InChI=1S/C24H39ClN4O5/c1-17-6-7-19(25)14-21(17)22(34-12-9-27-24(31)32)8-10-29(3)23(30)28-20(15-26-2)13-18-5-4-11-33-16-18/h6-7,14,18,20,22,26-27H,4-5,8-13,15-16H2,1-3H3,(H,28,30)(H,31,32)/t18-,20+,22-/m1/s1. The summed E-state index contributed by atoms with van der Waals surface area (Å²) >= 11 is 6.21. The number of carbonyl (C=O) groups is 2. The van der Waals surface area contributed by atoms with Crippen molar-refractivity contribution >= 4 is 23.7 Å². The second-order valence-corrected chi connectivity index (χ2v) is 9.26. The van der Waals surface area contributed by atoms with Gasteiger partial charge < -0.3 is 35.4 Å². The van der Waals surface area contributed by atoms with E-state index in [-0.39, 0.29) is 31.3 Å². The van der Waals surface area contributed by atoms with Crippen LogP contribution in [0.2, 0.25) is 5.02 Å². The van der Waals surface area contributed by atoms with Crippen molar-refractivity contribution in [3.8, 4) is 0 Å². The van der Waals surface area contributed by atoms with E-state index in [2.05, 4.69) is 16.0 Å². The van der Waals surface area contributed by atoms with Gasteiger partial charge in [0.15, 0.2) is 0 Å². The highest BCUT2D eigenvalue weighted by Gasteiger charge is 2.23. The predicted molar refractivity (Wildman–Crippen MR) is 133 cm³/mol. The number of halogens is 1. The van der Waals surface area contributed by atoms with Crippen LogP contribution in [0.15, 0.2) is 18.2 Å². The summed E-state index contributed by atoms with van der Waals surface area (Å²) < 4.78 is 11.6. The van der Waals surface area contributed by atoms with E-state index in [1.165, 1.54) is 0 Å². The van der Waals surface area contributed by atoms with Crippen molar-refractivity contribution in [1.29, 1.82) is 0 Å². The van der Waals surface area contributed by atoms with Crippen LogP contribution in [0.25, 0.3) is 0 Å². The van der Waals surface area contributed by atoms with Gasteiger partial charge in [-0.3, -0.25) is 0 Å². The van der Waals surface area contributed by atoms with Crippen molar-refractivity contribution in [1.82, 2.24) is 20.9 Å². The number of likely N-dealkylation sites (N-methyl/N-ethyl adjacent to an activating group) is 1. The normalized spacial score (nSPS) is 17.6. The molecule has 1 fully saturated rings. The lowest BCUT2D eigenvalue weighted by molar-refractivity contribution is 0.0431. The summed E-state index contributed by atoms with van der Waals surface area (Å²) in [5.41, 5.74) is 1.96. The van der Waals surface area contributed by atoms with E-state index in [0.717, 1.165) is 43.6 Å². The average Bonchev–Trinajstić information content (AvgIpc) is 2.80. The molecular formula is C24H39ClN4O5. The molecule has 0 aromatic heterocycles. The summed E-state index contributed by atoms with van der Waals surface area (Å²) in [6.45, 7) is 5.11. The Balaban J connectivity index is 1.94. The van der Waals surface area contributed by atoms with E-state index < -0.39 is 6.09 Å². The summed E-state index contributed by atoms with van der Waals surface area (Å²) in [6, 6.07) is 5.50. The van der Waals surface area contributed by atoms with Gasteiger partial charge in [0.2, 0.25) is 0 Å². The lowest BCUT2D eigenvalue weighted by atomic mass is 9.94. The number of aryl methyl sites for hydroxylation is 1. The zero-order valence-corrected chi connectivity index (χ0v) is 21.2. The lowest BCUT2D eigenvalue weighted by Gasteiger charge is -2.29. The number of ether oxygens (including phenoxy) is 2. The molecule has 1 heterocycles. The average molecular weight is 499 g/mol. The molecule has 2 rings (SSSR count). The quantitative estimate of drug-likeness (QED) is 0.310. The van der Waals surface area contributed by atoms with Gasteiger partial charge in [0.1, 0.15) is 0 Å². The monoisotopic (exact) mass is 498 g/mol. The molecule has 1 aromatic carbocycles. The Bertz CT molecular complexity index is 776. The molecule has 0 unspecified atom stereocenters. The molecule has 34 heavy (non-hydrogen) atoms. The van der Waals surface area contributed by atoms with Crippen molar-refractivity contribution in [2.24, 2.45) is 5.92 Å². The van der Waals surface area contributed by atoms with Crippen LogP contribution < -0.4 is 16.0 Å². The molecule has 10 heteroatoms. The largest absolute Gasteiger partial charge is 0.465 e. The topological polar surface area (TPSA) is 112 Å². The molecule has 1 aromatic rings. The number of rotatable bonds is 13. The highest BCUT2D eigenvalue weighted by atomic mass is 35.5. The number of carboxylic acid groups (broad SMARTS) is 1. The van der Waals surface area contributed by atoms with Gasteiger partial charge in [0.05, 0.1) is 12.7 Å². The fourth-order valence-electron chi connectivity index (χ4n) is 4.18. The van der Waals surface area contributed by atoms with E-state index in [9.17, 15) is 9.59 Å². The Morgan fingerprint density at radius 1 is 1.38 bits per heavy atom. The number of benzene rings is 1. The third-order valence-corrected chi connectivity index (χ3v) is 6.24. The van der Waals surface area contributed by atoms with Crippen molar-refractivity contribution in [3.05, 3.63) is 34.3 Å². The summed E-state index contributed by atoms with van der Waals surface area (Å²) in [4.78, 5) is 25.3. The molecule has 0 radical (unpaired) electrons. The molecule has 1 aliphatic heterocycles.